The van der Waals surface area contributed by atoms with Crippen LogP contribution < -0.4 is 10.6 Å². The van der Waals surface area contributed by atoms with Crippen molar-refractivity contribution in [2.45, 2.75) is 32.9 Å². The van der Waals surface area contributed by atoms with Crippen LogP contribution in [0.1, 0.15) is 42.4 Å². The summed E-state index contributed by atoms with van der Waals surface area (Å²) in [4.78, 5) is 24.7. The van der Waals surface area contributed by atoms with Crippen molar-refractivity contribution < 1.29 is 18.7 Å². The second-order valence-electron chi connectivity index (χ2n) is 6.23. The number of hydrogen-bond acceptors (Lipinski definition) is 5. The molecule has 132 valence electrons. The molecule has 1 aromatic heterocycles. The van der Waals surface area contributed by atoms with E-state index < -0.39 is 23.4 Å². The van der Waals surface area contributed by atoms with Crippen LogP contribution in [0.15, 0.2) is 24.3 Å². The number of ether oxygens (including phenoxy) is 1. The zero-order valence-corrected chi connectivity index (χ0v) is 14.2. The molecule has 0 unspecified atom stereocenters. The number of aromatic nitrogens is 2. The van der Waals surface area contributed by atoms with E-state index in [2.05, 4.69) is 15.7 Å². The Hall–Kier alpha value is -2.74. The highest BCUT2D eigenvalue weighted by Crippen LogP contribution is 2.34. The molecule has 2 N–H and O–H groups in total. The first-order valence-electron chi connectivity index (χ1n) is 7.95. The molecule has 0 spiro atoms. The maximum atomic E-state index is 13.0. The van der Waals surface area contributed by atoms with Crippen LogP contribution in [0.2, 0.25) is 0 Å². The van der Waals surface area contributed by atoms with Crippen molar-refractivity contribution in [1.29, 1.82) is 0 Å². The summed E-state index contributed by atoms with van der Waals surface area (Å²) in [7, 11) is 0. The number of nitrogens with zero attached hydrogens (tertiary/aromatic N) is 2. The number of fused-ring (bicyclic) bond motifs is 1. The van der Waals surface area contributed by atoms with Gasteiger partial charge < -0.3 is 15.4 Å². The highest BCUT2D eigenvalue weighted by Gasteiger charge is 2.37. The van der Waals surface area contributed by atoms with Crippen LogP contribution in [-0.4, -0.2) is 28.4 Å². The van der Waals surface area contributed by atoms with Crippen LogP contribution in [-0.2, 0) is 16.8 Å². The van der Waals surface area contributed by atoms with E-state index in [9.17, 15) is 14.0 Å². The first-order chi connectivity index (χ1) is 11.8. The van der Waals surface area contributed by atoms with Crippen molar-refractivity contribution in [1.82, 2.24) is 15.1 Å². The molecule has 3 rings (SSSR count). The first-order valence-corrected chi connectivity index (χ1v) is 7.95. The van der Waals surface area contributed by atoms with Gasteiger partial charge in [0.15, 0.2) is 0 Å². The Morgan fingerprint density at radius 1 is 1.36 bits per heavy atom. The Bertz CT molecular complexity index is 827. The lowest BCUT2D eigenvalue weighted by molar-refractivity contribution is 0.102. The normalized spacial score (nSPS) is 14.9. The fraction of sp³-hybridized carbons (Fsp3) is 0.353. The van der Waals surface area contributed by atoms with Gasteiger partial charge in [0.25, 0.3) is 5.91 Å². The third-order valence-corrected chi connectivity index (χ3v) is 4.06. The van der Waals surface area contributed by atoms with Crippen LogP contribution in [0.4, 0.5) is 15.0 Å². The topological polar surface area (TPSA) is 85.2 Å². The molecule has 8 heteroatoms. The maximum absolute atomic E-state index is 13.0. The molecule has 25 heavy (non-hydrogen) atoms. The van der Waals surface area contributed by atoms with Crippen LogP contribution in [0.5, 0.6) is 0 Å². The van der Waals surface area contributed by atoms with E-state index in [1.165, 1.54) is 24.3 Å². The molecule has 0 saturated heterocycles. The third kappa shape index (κ3) is 3.12. The predicted molar refractivity (Wildman–Crippen MR) is 88.9 cm³/mol. The van der Waals surface area contributed by atoms with Crippen LogP contribution >= 0.6 is 0 Å². The van der Waals surface area contributed by atoms with E-state index in [1.54, 1.807) is 6.92 Å². The highest BCUT2D eigenvalue weighted by atomic mass is 19.1. The predicted octanol–water partition coefficient (Wildman–Crippen LogP) is 2.62. The summed E-state index contributed by atoms with van der Waals surface area (Å²) in [5.74, 6) is -0.626. The summed E-state index contributed by atoms with van der Waals surface area (Å²) in [5.41, 5.74) is 1.25. The van der Waals surface area contributed by atoms with Crippen molar-refractivity contribution in [3.63, 3.8) is 0 Å². The van der Waals surface area contributed by atoms with Crippen molar-refractivity contribution >= 4 is 17.8 Å². The third-order valence-electron chi connectivity index (χ3n) is 4.06. The van der Waals surface area contributed by atoms with E-state index in [4.69, 9.17) is 4.74 Å². The van der Waals surface area contributed by atoms with E-state index in [1.807, 2.05) is 13.8 Å². The van der Waals surface area contributed by atoms with Crippen molar-refractivity contribution in [3.8, 4) is 0 Å². The van der Waals surface area contributed by atoms with Crippen LogP contribution in [0, 0.1) is 5.82 Å². The van der Waals surface area contributed by atoms with E-state index in [0.717, 1.165) is 10.2 Å². The number of halogens is 1. The van der Waals surface area contributed by atoms with Gasteiger partial charge in [-0.25, -0.2) is 9.18 Å². The quantitative estimate of drug-likeness (QED) is 0.892. The number of hydrogen-bond donors (Lipinski definition) is 2. The van der Waals surface area contributed by atoms with Gasteiger partial charge in [0, 0.05) is 17.7 Å². The molecule has 0 aliphatic carbocycles. The number of carbonyl (C=O) groups excluding carboxylic acids is 2. The summed E-state index contributed by atoms with van der Waals surface area (Å²) < 4.78 is 19.1. The molecule has 2 aromatic rings. The fourth-order valence-corrected chi connectivity index (χ4v) is 2.74. The number of anilines is 1. The van der Waals surface area contributed by atoms with Gasteiger partial charge in [0.2, 0.25) is 0 Å². The van der Waals surface area contributed by atoms with E-state index in [0.29, 0.717) is 12.2 Å². The molecule has 0 bridgehead atoms. The summed E-state index contributed by atoms with van der Waals surface area (Å²) in [6.07, 6.45) is -0.665. The number of rotatable bonds is 3. The molecule has 0 atom stereocenters. The minimum absolute atomic E-state index is 0.191. The molecule has 0 saturated carbocycles. The smallest absolute Gasteiger partial charge is 0.436 e. The zero-order valence-electron chi connectivity index (χ0n) is 14.2. The Labute approximate surface area is 144 Å². The Morgan fingerprint density at radius 3 is 2.68 bits per heavy atom. The van der Waals surface area contributed by atoms with Gasteiger partial charge in [-0.05, 0) is 45.0 Å². The standard InChI is InChI=1S/C17H19FN4O3/c1-4-25-16(24)22-14(12-9-19-17(2,3)13(12)21-22)20-15(23)10-5-7-11(18)8-6-10/h5-8,19H,4,9H2,1-3H3,(H,20,23). The summed E-state index contributed by atoms with van der Waals surface area (Å²) >= 11 is 0. The fourth-order valence-electron chi connectivity index (χ4n) is 2.74. The molecule has 7 nitrogen and oxygen atoms in total. The first kappa shape index (κ1) is 17.1. The second kappa shape index (κ2) is 6.29. The number of nitrogens with one attached hydrogen (secondary N) is 2. The van der Waals surface area contributed by atoms with Gasteiger partial charge in [0.1, 0.15) is 11.6 Å². The number of carbonyl (C=O) groups is 2. The summed E-state index contributed by atoms with van der Waals surface area (Å²) in [6, 6.07) is 5.15. The summed E-state index contributed by atoms with van der Waals surface area (Å²) in [6.45, 7) is 6.22. The zero-order chi connectivity index (χ0) is 18.2. The Balaban J connectivity index is 1.98. The molecular formula is C17H19FN4O3. The average molecular weight is 346 g/mol. The largest absolute Gasteiger partial charge is 0.448 e. The minimum Gasteiger partial charge on any atom is -0.448 e. The average Bonchev–Trinajstić information content (AvgIpc) is 3.07. The van der Waals surface area contributed by atoms with Gasteiger partial charge in [0.05, 0.1) is 17.8 Å². The highest BCUT2D eigenvalue weighted by molar-refractivity contribution is 6.05. The molecule has 0 radical (unpaired) electrons. The minimum atomic E-state index is -0.665. The lowest BCUT2D eigenvalue weighted by Gasteiger charge is -2.17. The lowest BCUT2D eigenvalue weighted by Crippen LogP contribution is -2.31. The molecule has 1 aromatic carbocycles. The van der Waals surface area contributed by atoms with Gasteiger partial charge in [-0.1, -0.05) is 0 Å². The molecule has 1 aliphatic rings. The monoisotopic (exact) mass is 346 g/mol. The Kier molecular flexibility index (Phi) is 4.30. The van der Waals surface area contributed by atoms with Gasteiger partial charge in [-0.15, -0.1) is 4.68 Å². The van der Waals surface area contributed by atoms with Crippen LogP contribution in [0.3, 0.4) is 0 Å². The molecule has 1 amide bonds. The van der Waals surface area contributed by atoms with E-state index in [-0.39, 0.29) is 18.0 Å². The van der Waals surface area contributed by atoms with Gasteiger partial charge in [-0.3, -0.25) is 4.79 Å². The van der Waals surface area contributed by atoms with Crippen molar-refractivity contribution in [3.05, 3.63) is 46.9 Å². The number of benzene rings is 1. The van der Waals surface area contributed by atoms with Crippen LogP contribution in [0.25, 0.3) is 0 Å². The summed E-state index contributed by atoms with van der Waals surface area (Å²) in [5, 5.41) is 10.3. The molecule has 2 heterocycles. The Morgan fingerprint density at radius 2 is 2.04 bits per heavy atom. The SMILES string of the molecule is CCOC(=O)n1nc2c(c1NC(=O)c1ccc(F)cc1)CNC2(C)C. The molecule has 1 aliphatic heterocycles. The second-order valence-corrected chi connectivity index (χ2v) is 6.23. The molecule has 0 fully saturated rings. The van der Waals surface area contributed by atoms with Gasteiger partial charge in [-0.2, -0.15) is 5.10 Å². The maximum Gasteiger partial charge on any atom is 0.436 e. The van der Waals surface area contributed by atoms with Gasteiger partial charge >= 0.3 is 6.09 Å². The van der Waals surface area contributed by atoms with Crippen molar-refractivity contribution in [2.75, 3.05) is 11.9 Å². The lowest BCUT2D eigenvalue weighted by atomic mass is 10.0. The van der Waals surface area contributed by atoms with Crippen molar-refractivity contribution in [2.24, 2.45) is 0 Å². The number of amides is 1. The molecular weight excluding hydrogens is 327 g/mol. The van der Waals surface area contributed by atoms with E-state index >= 15 is 0 Å².